The van der Waals surface area contributed by atoms with Crippen molar-refractivity contribution >= 4 is 17.7 Å². The Bertz CT molecular complexity index is 719. The van der Waals surface area contributed by atoms with Crippen LogP contribution >= 0.6 is 0 Å². The van der Waals surface area contributed by atoms with Crippen molar-refractivity contribution in [2.45, 2.75) is 118 Å². The molecule has 0 radical (unpaired) electrons. The quantitative estimate of drug-likeness (QED) is 0.0671. The van der Waals surface area contributed by atoms with Crippen molar-refractivity contribution in [2.75, 3.05) is 6.61 Å². The summed E-state index contributed by atoms with van der Waals surface area (Å²) in [5, 5.41) is 0. The van der Waals surface area contributed by atoms with E-state index in [1.54, 1.807) is 38.1 Å². The van der Waals surface area contributed by atoms with E-state index in [4.69, 9.17) is 9.47 Å². The Morgan fingerprint density at radius 2 is 1.15 bits per heavy atom. The van der Waals surface area contributed by atoms with Gasteiger partial charge in [-0.25, -0.2) is 0 Å². The molecule has 1 rings (SSSR count). The fourth-order valence-electron chi connectivity index (χ4n) is 4.12. The van der Waals surface area contributed by atoms with Gasteiger partial charge in [-0.15, -0.1) is 0 Å². The second-order valence-electron chi connectivity index (χ2n) is 9.28. The van der Waals surface area contributed by atoms with E-state index < -0.39 is 17.4 Å². The van der Waals surface area contributed by atoms with Crippen molar-refractivity contribution in [1.82, 2.24) is 0 Å². The molecule has 0 N–H and O–H groups in total. The molecule has 192 valence electrons. The predicted molar refractivity (Wildman–Crippen MR) is 137 cm³/mol. The summed E-state index contributed by atoms with van der Waals surface area (Å²) in [6.45, 7) is 7.66. The molecule has 1 aromatic carbocycles. The molecule has 1 aromatic rings. The van der Waals surface area contributed by atoms with E-state index in [0.29, 0.717) is 30.8 Å². The molecule has 0 unspecified atom stereocenters. The molecule has 0 spiro atoms. The van der Waals surface area contributed by atoms with Gasteiger partial charge in [0, 0.05) is 5.56 Å². The molecular weight excluding hydrogens is 428 g/mol. The zero-order chi connectivity index (χ0) is 25.2. The lowest BCUT2D eigenvalue weighted by atomic mass is 9.82. The first-order valence-corrected chi connectivity index (χ1v) is 13.4. The van der Waals surface area contributed by atoms with Crippen molar-refractivity contribution < 1.29 is 23.9 Å². The van der Waals surface area contributed by atoms with Crippen LogP contribution in [0.15, 0.2) is 24.3 Å². The zero-order valence-corrected chi connectivity index (χ0v) is 22.0. The highest BCUT2D eigenvalue weighted by atomic mass is 16.6. The van der Waals surface area contributed by atoms with Gasteiger partial charge in [-0.05, 0) is 50.5 Å². The van der Waals surface area contributed by atoms with Crippen LogP contribution in [0.25, 0.3) is 0 Å². The molecule has 0 amide bonds. The summed E-state index contributed by atoms with van der Waals surface area (Å²) in [7, 11) is 0. The first-order chi connectivity index (χ1) is 16.4. The monoisotopic (exact) mass is 474 g/mol. The highest BCUT2D eigenvalue weighted by Gasteiger charge is 2.46. The van der Waals surface area contributed by atoms with Crippen molar-refractivity contribution in [2.24, 2.45) is 5.41 Å². The van der Waals surface area contributed by atoms with Gasteiger partial charge in [-0.1, -0.05) is 91.4 Å². The molecule has 0 bridgehead atoms. The minimum absolute atomic E-state index is 0.0595. The first-order valence-electron chi connectivity index (χ1n) is 13.4. The molecule has 5 nitrogen and oxygen atoms in total. The van der Waals surface area contributed by atoms with E-state index in [0.717, 1.165) is 19.3 Å². The summed E-state index contributed by atoms with van der Waals surface area (Å²) < 4.78 is 11.0. The Balaban J connectivity index is 2.33. The van der Waals surface area contributed by atoms with Crippen LogP contribution in [0.1, 0.15) is 128 Å². The van der Waals surface area contributed by atoms with Gasteiger partial charge in [0.1, 0.15) is 5.75 Å². The number of hydrogen-bond donors (Lipinski definition) is 0. The molecule has 0 heterocycles. The lowest BCUT2D eigenvalue weighted by Crippen LogP contribution is -2.42. The molecule has 0 aromatic heterocycles. The van der Waals surface area contributed by atoms with Gasteiger partial charge in [0.15, 0.2) is 11.2 Å². The van der Waals surface area contributed by atoms with Crippen LogP contribution in [0.4, 0.5) is 0 Å². The van der Waals surface area contributed by atoms with Crippen molar-refractivity contribution in [3.8, 4) is 5.75 Å². The van der Waals surface area contributed by atoms with Gasteiger partial charge in [-0.3, -0.25) is 14.4 Å². The molecule has 0 aliphatic heterocycles. The Morgan fingerprint density at radius 1 is 0.676 bits per heavy atom. The van der Waals surface area contributed by atoms with Crippen LogP contribution < -0.4 is 4.74 Å². The smallest absolute Gasteiger partial charge is 0.328 e. The van der Waals surface area contributed by atoms with E-state index in [1.165, 1.54) is 64.7 Å². The molecule has 0 aliphatic rings. The number of carbonyl (C=O) groups excluding carboxylic acids is 3. The fourth-order valence-corrected chi connectivity index (χ4v) is 4.12. The van der Waals surface area contributed by atoms with Gasteiger partial charge in [0.2, 0.25) is 0 Å². The van der Waals surface area contributed by atoms with Crippen LogP contribution in [0.3, 0.4) is 0 Å². The summed E-state index contributed by atoms with van der Waals surface area (Å²) in [5.74, 6) is -0.857. The van der Waals surface area contributed by atoms with E-state index >= 15 is 0 Å². The third-order valence-electron chi connectivity index (χ3n) is 6.69. The van der Waals surface area contributed by atoms with Crippen LogP contribution in [0, 0.1) is 5.41 Å². The fraction of sp³-hybridized carbons (Fsp3) is 0.690. The zero-order valence-electron chi connectivity index (χ0n) is 22.0. The van der Waals surface area contributed by atoms with Gasteiger partial charge < -0.3 is 9.47 Å². The number of Topliss-reactive ketones (excluding diaryl/α,β-unsaturated/α-hetero) is 1. The third kappa shape index (κ3) is 10.4. The average molecular weight is 475 g/mol. The van der Waals surface area contributed by atoms with Gasteiger partial charge >= 0.3 is 11.9 Å². The Kier molecular flexibility index (Phi) is 15.2. The van der Waals surface area contributed by atoms with E-state index in [2.05, 4.69) is 6.92 Å². The van der Waals surface area contributed by atoms with Gasteiger partial charge in [0.05, 0.1) is 6.61 Å². The first kappa shape index (κ1) is 29.9. The maximum Gasteiger partial charge on any atom is 0.328 e. The number of ketones is 1. The number of carbonyl (C=O) groups is 3. The highest BCUT2D eigenvalue weighted by molar-refractivity contribution is 6.01. The van der Waals surface area contributed by atoms with E-state index in [-0.39, 0.29) is 5.78 Å². The summed E-state index contributed by atoms with van der Waals surface area (Å²) in [6, 6.07) is 6.36. The molecular formula is C29H46O5. The topological polar surface area (TPSA) is 69.7 Å². The Morgan fingerprint density at radius 3 is 1.59 bits per heavy atom. The molecule has 0 atom stereocenters. The molecule has 0 saturated carbocycles. The second kappa shape index (κ2) is 17.3. The largest absolute Gasteiger partial charge is 0.465 e. The minimum Gasteiger partial charge on any atom is -0.465 e. The van der Waals surface area contributed by atoms with Crippen molar-refractivity contribution in [3.63, 3.8) is 0 Å². The normalized spacial score (nSPS) is 11.3. The van der Waals surface area contributed by atoms with Crippen molar-refractivity contribution in [1.29, 1.82) is 0 Å². The Hall–Kier alpha value is -2.17. The molecule has 34 heavy (non-hydrogen) atoms. The summed E-state index contributed by atoms with van der Waals surface area (Å²) in [5.41, 5.74) is -0.769. The number of ether oxygens (including phenoxy) is 2. The number of rotatable bonds is 19. The lowest BCUT2D eigenvalue weighted by Gasteiger charge is -2.26. The van der Waals surface area contributed by atoms with Gasteiger partial charge in [-0.2, -0.15) is 0 Å². The minimum atomic E-state index is -1.31. The van der Waals surface area contributed by atoms with Gasteiger partial charge in [0.25, 0.3) is 0 Å². The lowest BCUT2D eigenvalue weighted by molar-refractivity contribution is -0.168. The number of unbranched alkanes of at least 4 members (excludes halogenated alkanes) is 11. The Labute approximate surface area is 207 Å². The number of esters is 2. The number of benzene rings is 1. The molecule has 0 fully saturated rings. The summed E-state index contributed by atoms with van der Waals surface area (Å²) >= 11 is 0. The van der Waals surface area contributed by atoms with Crippen LogP contribution in [0.5, 0.6) is 5.75 Å². The standard InChI is InChI=1S/C29H46O5/c1-5-8-9-10-11-12-13-14-15-16-17-18-23-33-27(31)29(6-2,7-3)28(32)34-26-21-19-25(20-22-26)24(4)30/h19-22H,5-18,23H2,1-4H3. The molecule has 0 saturated heterocycles. The highest BCUT2D eigenvalue weighted by Crippen LogP contribution is 2.31. The maximum atomic E-state index is 12.9. The molecule has 5 heteroatoms. The van der Waals surface area contributed by atoms with E-state index in [1.807, 2.05) is 0 Å². The average Bonchev–Trinajstić information content (AvgIpc) is 2.83. The van der Waals surface area contributed by atoms with E-state index in [9.17, 15) is 14.4 Å². The third-order valence-corrected chi connectivity index (χ3v) is 6.69. The van der Waals surface area contributed by atoms with Crippen LogP contribution in [-0.2, 0) is 14.3 Å². The maximum absolute atomic E-state index is 12.9. The van der Waals surface area contributed by atoms with Crippen molar-refractivity contribution in [3.05, 3.63) is 29.8 Å². The number of hydrogen-bond acceptors (Lipinski definition) is 5. The van der Waals surface area contributed by atoms with Crippen LogP contribution in [0.2, 0.25) is 0 Å². The summed E-state index contributed by atoms with van der Waals surface area (Å²) in [4.78, 5) is 37.2. The SMILES string of the molecule is CCCCCCCCCCCCCCOC(=O)C(CC)(CC)C(=O)Oc1ccc(C(C)=O)cc1. The second-order valence-corrected chi connectivity index (χ2v) is 9.28. The molecule has 0 aliphatic carbocycles. The predicted octanol–water partition coefficient (Wildman–Crippen LogP) is 7.85. The van der Waals surface area contributed by atoms with Crippen LogP contribution in [-0.4, -0.2) is 24.3 Å². The summed E-state index contributed by atoms with van der Waals surface area (Å²) in [6.07, 6.45) is 15.5.